The second-order valence-electron chi connectivity index (χ2n) is 5.46. The third-order valence-corrected chi connectivity index (χ3v) is 4.84. The topological polar surface area (TPSA) is 44.7 Å². The maximum atomic E-state index is 12.1. The largest absolute Gasteiger partial charge is 0.352 e. The number of hydrogen-bond acceptors (Lipinski definition) is 4. The summed E-state index contributed by atoms with van der Waals surface area (Å²) in [6.45, 7) is 6.05. The van der Waals surface area contributed by atoms with E-state index in [1.807, 2.05) is 43.1 Å². The Kier molecular flexibility index (Phi) is 3.76. The fraction of sp³-hybridized carbons (Fsp3) is 0.375. The molecule has 0 radical (unpaired) electrons. The summed E-state index contributed by atoms with van der Waals surface area (Å²) in [6.07, 6.45) is 2.21. The number of amides is 1. The van der Waals surface area contributed by atoms with Crippen molar-refractivity contribution in [3.8, 4) is 0 Å². The van der Waals surface area contributed by atoms with Gasteiger partial charge in [-0.3, -0.25) is 4.79 Å². The number of carbonyl (C=O) groups excluding carboxylic acids is 1. The lowest BCUT2D eigenvalue weighted by Crippen LogP contribution is -2.35. The van der Waals surface area contributed by atoms with Crippen molar-refractivity contribution in [3.63, 3.8) is 0 Å². The lowest BCUT2D eigenvalue weighted by molar-refractivity contribution is -0.120. The summed E-state index contributed by atoms with van der Waals surface area (Å²) in [5.74, 6) is 0.0862. The molecule has 1 N–H and O–H groups in total. The molecule has 0 unspecified atom stereocenters. The Morgan fingerprint density at radius 3 is 2.90 bits per heavy atom. The van der Waals surface area contributed by atoms with Gasteiger partial charge in [-0.15, -0.1) is 0 Å². The number of para-hydroxylation sites is 1. The molecule has 1 heterocycles. The summed E-state index contributed by atoms with van der Waals surface area (Å²) in [5, 5.41) is 3.69. The molecule has 4 nitrogen and oxygen atoms in total. The summed E-state index contributed by atoms with van der Waals surface area (Å²) >= 11 is 1.48. The number of amidine groups is 1. The van der Waals surface area contributed by atoms with Gasteiger partial charge in [0.05, 0.1) is 10.9 Å². The van der Waals surface area contributed by atoms with Crippen LogP contribution in [-0.2, 0) is 4.79 Å². The van der Waals surface area contributed by atoms with Crippen LogP contribution in [0.3, 0.4) is 0 Å². The van der Waals surface area contributed by atoms with Crippen molar-refractivity contribution in [3.05, 3.63) is 36.4 Å². The van der Waals surface area contributed by atoms with E-state index in [-0.39, 0.29) is 11.2 Å². The van der Waals surface area contributed by atoms with Gasteiger partial charge in [-0.25, -0.2) is 4.99 Å². The minimum Gasteiger partial charge on any atom is -0.352 e. The van der Waals surface area contributed by atoms with Gasteiger partial charge in [-0.2, -0.15) is 0 Å². The van der Waals surface area contributed by atoms with Gasteiger partial charge in [0.25, 0.3) is 0 Å². The zero-order valence-electron chi connectivity index (χ0n) is 12.3. The number of thioether (sulfide) groups is 1. The molecule has 0 spiro atoms. The van der Waals surface area contributed by atoms with Crippen LogP contribution in [-0.4, -0.2) is 34.3 Å². The standard InChI is InChI=1S/C16H19N3OS/c1-10-13-6-4-5-7-14(13)18-16(19(10)3)21-11(2)15(20)17-12-8-9-12/h4-7,11-12H,1,8-9H2,2-3H3,(H,17,20)/t11-/m1/s1. The van der Waals surface area contributed by atoms with Crippen LogP contribution in [0.2, 0.25) is 0 Å². The highest BCUT2D eigenvalue weighted by Crippen LogP contribution is 2.35. The second kappa shape index (κ2) is 5.56. The maximum Gasteiger partial charge on any atom is 0.233 e. The van der Waals surface area contributed by atoms with Crippen LogP contribution < -0.4 is 5.32 Å². The van der Waals surface area contributed by atoms with E-state index in [4.69, 9.17) is 0 Å². The minimum absolute atomic E-state index is 0.0862. The molecular weight excluding hydrogens is 282 g/mol. The van der Waals surface area contributed by atoms with E-state index in [1.54, 1.807) is 0 Å². The highest BCUT2D eigenvalue weighted by molar-refractivity contribution is 8.14. The van der Waals surface area contributed by atoms with Crippen molar-refractivity contribution in [1.29, 1.82) is 0 Å². The lowest BCUT2D eigenvalue weighted by atomic mass is 10.1. The minimum atomic E-state index is -0.162. The molecule has 1 aliphatic heterocycles. The molecule has 1 atom stereocenters. The van der Waals surface area contributed by atoms with E-state index >= 15 is 0 Å². The molecule has 110 valence electrons. The maximum absolute atomic E-state index is 12.1. The van der Waals surface area contributed by atoms with Crippen molar-refractivity contribution in [1.82, 2.24) is 10.2 Å². The molecule has 0 aromatic heterocycles. The Morgan fingerprint density at radius 2 is 2.19 bits per heavy atom. The monoisotopic (exact) mass is 301 g/mol. The third-order valence-electron chi connectivity index (χ3n) is 3.70. The zero-order chi connectivity index (χ0) is 15.0. The first-order valence-corrected chi connectivity index (χ1v) is 8.02. The van der Waals surface area contributed by atoms with E-state index in [0.29, 0.717) is 6.04 Å². The Labute approximate surface area is 129 Å². The van der Waals surface area contributed by atoms with Crippen LogP contribution in [0, 0.1) is 0 Å². The first-order valence-electron chi connectivity index (χ1n) is 7.14. The number of nitrogens with one attached hydrogen (secondary N) is 1. The van der Waals surface area contributed by atoms with Crippen molar-refractivity contribution in [2.45, 2.75) is 31.1 Å². The van der Waals surface area contributed by atoms with Gasteiger partial charge in [0, 0.05) is 24.4 Å². The summed E-state index contributed by atoms with van der Waals surface area (Å²) in [7, 11) is 1.94. The molecule has 1 aromatic rings. The molecule has 0 saturated heterocycles. The molecule has 2 aliphatic rings. The number of aliphatic imine (C=N–C) groups is 1. The molecule has 1 aliphatic carbocycles. The van der Waals surface area contributed by atoms with Gasteiger partial charge in [0.2, 0.25) is 5.91 Å². The normalized spacial score (nSPS) is 18.9. The fourth-order valence-electron chi connectivity index (χ4n) is 2.15. The zero-order valence-corrected chi connectivity index (χ0v) is 13.1. The lowest BCUT2D eigenvalue weighted by Gasteiger charge is -2.29. The molecular formula is C16H19N3OS. The number of benzene rings is 1. The first-order chi connectivity index (χ1) is 10.1. The van der Waals surface area contributed by atoms with Crippen molar-refractivity contribution >= 4 is 34.2 Å². The van der Waals surface area contributed by atoms with Gasteiger partial charge >= 0.3 is 0 Å². The van der Waals surface area contributed by atoms with Crippen LogP contribution in [0.15, 0.2) is 35.8 Å². The van der Waals surface area contributed by atoms with Crippen LogP contribution in [0.4, 0.5) is 5.69 Å². The Balaban J connectivity index is 1.76. The molecule has 1 aromatic carbocycles. The number of hydrogen-bond donors (Lipinski definition) is 1. The SMILES string of the molecule is C=C1c2ccccc2N=C(S[C@H](C)C(=O)NC2CC2)N1C. The average Bonchev–Trinajstić information content (AvgIpc) is 3.28. The number of carbonyl (C=O) groups is 1. The van der Waals surface area contributed by atoms with Gasteiger partial charge in [0.1, 0.15) is 0 Å². The van der Waals surface area contributed by atoms with Crippen LogP contribution >= 0.6 is 11.8 Å². The molecule has 1 saturated carbocycles. The van der Waals surface area contributed by atoms with Gasteiger partial charge in [-0.05, 0) is 25.8 Å². The summed E-state index contributed by atoms with van der Waals surface area (Å²) in [4.78, 5) is 18.7. The smallest absolute Gasteiger partial charge is 0.233 e. The van der Waals surface area contributed by atoms with E-state index in [1.165, 1.54) is 11.8 Å². The quantitative estimate of drug-likeness (QED) is 0.933. The van der Waals surface area contributed by atoms with E-state index in [2.05, 4.69) is 16.9 Å². The second-order valence-corrected chi connectivity index (χ2v) is 6.77. The Hall–Kier alpha value is -1.75. The summed E-state index contributed by atoms with van der Waals surface area (Å²) in [5.41, 5.74) is 2.87. The van der Waals surface area contributed by atoms with Gasteiger partial charge < -0.3 is 10.2 Å². The highest BCUT2D eigenvalue weighted by Gasteiger charge is 2.28. The first kappa shape index (κ1) is 14.2. The van der Waals surface area contributed by atoms with Crippen LogP contribution in [0.1, 0.15) is 25.3 Å². The van der Waals surface area contributed by atoms with Crippen molar-refractivity contribution in [2.75, 3.05) is 7.05 Å². The Morgan fingerprint density at radius 1 is 1.48 bits per heavy atom. The molecule has 1 fully saturated rings. The van der Waals surface area contributed by atoms with Crippen LogP contribution in [0.5, 0.6) is 0 Å². The summed E-state index contributed by atoms with van der Waals surface area (Å²) < 4.78 is 0. The number of nitrogens with zero attached hydrogens (tertiary/aromatic N) is 2. The molecule has 3 rings (SSSR count). The van der Waals surface area contributed by atoms with E-state index in [0.717, 1.165) is 35.0 Å². The predicted molar refractivity (Wildman–Crippen MR) is 88.6 cm³/mol. The van der Waals surface area contributed by atoms with Gasteiger partial charge in [0.15, 0.2) is 5.17 Å². The fourth-order valence-corrected chi connectivity index (χ4v) is 3.06. The van der Waals surface area contributed by atoms with Gasteiger partial charge in [-0.1, -0.05) is 36.5 Å². The number of fused-ring (bicyclic) bond motifs is 1. The predicted octanol–water partition coefficient (Wildman–Crippen LogP) is 2.99. The average molecular weight is 301 g/mol. The molecule has 1 amide bonds. The van der Waals surface area contributed by atoms with E-state index < -0.39 is 0 Å². The highest BCUT2D eigenvalue weighted by atomic mass is 32.2. The van der Waals surface area contributed by atoms with Crippen molar-refractivity contribution < 1.29 is 4.79 Å². The van der Waals surface area contributed by atoms with Crippen molar-refractivity contribution in [2.24, 2.45) is 4.99 Å². The number of rotatable bonds is 3. The van der Waals surface area contributed by atoms with E-state index in [9.17, 15) is 4.79 Å². The third kappa shape index (κ3) is 2.97. The summed E-state index contributed by atoms with van der Waals surface area (Å²) in [6, 6.07) is 8.33. The molecule has 21 heavy (non-hydrogen) atoms. The Bertz CT molecular complexity index is 622. The molecule has 5 heteroatoms. The van der Waals surface area contributed by atoms with Crippen LogP contribution in [0.25, 0.3) is 5.70 Å². The molecule has 0 bridgehead atoms.